The lowest BCUT2D eigenvalue weighted by molar-refractivity contribution is 0.163. The molecule has 0 aliphatic carbocycles. The normalized spacial score (nSPS) is 29.7. The van der Waals surface area contributed by atoms with Crippen LogP contribution < -0.4 is 0 Å². The van der Waals surface area contributed by atoms with Gasteiger partial charge in [-0.15, -0.1) is 23.5 Å². The summed E-state index contributed by atoms with van der Waals surface area (Å²) in [6.07, 6.45) is 4.12. The van der Waals surface area contributed by atoms with Gasteiger partial charge in [0.1, 0.15) is 0 Å². The second-order valence-electron chi connectivity index (χ2n) is 5.79. The Balaban J connectivity index is 1.73. The molecule has 0 amide bonds. The average Bonchev–Trinajstić information content (AvgIpc) is 2.84. The Morgan fingerprint density at radius 1 is 1.16 bits per heavy atom. The summed E-state index contributed by atoms with van der Waals surface area (Å²) in [6.45, 7) is 4.89. The molecule has 2 heterocycles. The molecule has 0 aromatic heterocycles. The standard InChI is InChI=1S/C16H23NS2/c1-16(15-18-11-6-12-19-15)9-5-10-17(16)13-14-7-3-2-4-8-14/h2-4,7-8,15H,5-6,9-13H2,1H3. The fraction of sp³-hybridized carbons (Fsp3) is 0.625. The Bertz CT molecular complexity index is 402. The first-order valence-electron chi connectivity index (χ1n) is 7.31. The Morgan fingerprint density at radius 2 is 1.89 bits per heavy atom. The van der Waals surface area contributed by atoms with Crippen molar-refractivity contribution in [3.8, 4) is 0 Å². The molecule has 1 atom stereocenters. The molecule has 3 heteroatoms. The number of thioether (sulfide) groups is 2. The molecule has 1 aromatic rings. The number of rotatable bonds is 3. The van der Waals surface area contributed by atoms with Gasteiger partial charge in [0.05, 0.1) is 4.58 Å². The summed E-state index contributed by atoms with van der Waals surface area (Å²) in [4.78, 5) is 2.73. The first-order chi connectivity index (χ1) is 9.29. The van der Waals surface area contributed by atoms with Crippen molar-refractivity contribution in [3.05, 3.63) is 35.9 Å². The maximum absolute atomic E-state index is 2.73. The third-order valence-corrected chi connectivity index (χ3v) is 7.87. The number of benzene rings is 1. The van der Waals surface area contributed by atoms with Crippen LogP contribution in [0.1, 0.15) is 31.7 Å². The van der Waals surface area contributed by atoms with Crippen LogP contribution in [0.2, 0.25) is 0 Å². The van der Waals surface area contributed by atoms with Gasteiger partial charge in [-0.25, -0.2) is 0 Å². The molecule has 2 saturated heterocycles. The molecule has 2 aliphatic heterocycles. The molecule has 0 radical (unpaired) electrons. The predicted octanol–water partition coefficient (Wildman–Crippen LogP) is 4.24. The number of hydrogen-bond acceptors (Lipinski definition) is 3. The molecule has 0 N–H and O–H groups in total. The van der Waals surface area contributed by atoms with Gasteiger partial charge < -0.3 is 0 Å². The van der Waals surface area contributed by atoms with Crippen molar-refractivity contribution in [1.29, 1.82) is 0 Å². The largest absolute Gasteiger partial charge is 0.292 e. The molecular weight excluding hydrogens is 270 g/mol. The Hall–Kier alpha value is -0.120. The molecule has 2 aliphatic rings. The van der Waals surface area contributed by atoms with E-state index in [2.05, 4.69) is 65.7 Å². The van der Waals surface area contributed by atoms with E-state index >= 15 is 0 Å². The van der Waals surface area contributed by atoms with Crippen LogP contribution in [-0.2, 0) is 6.54 Å². The van der Waals surface area contributed by atoms with Gasteiger partial charge >= 0.3 is 0 Å². The number of likely N-dealkylation sites (tertiary alicyclic amines) is 1. The SMILES string of the molecule is CC1(C2SCCCS2)CCCN1Cc1ccccc1. The van der Waals surface area contributed by atoms with Gasteiger partial charge in [0.15, 0.2) is 0 Å². The maximum atomic E-state index is 2.73. The highest BCUT2D eigenvalue weighted by atomic mass is 32.2. The Kier molecular flexibility index (Phi) is 4.45. The van der Waals surface area contributed by atoms with Crippen LogP contribution in [0, 0.1) is 0 Å². The topological polar surface area (TPSA) is 3.24 Å². The van der Waals surface area contributed by atoms with Gasteiger partial charge in [-0.3, -0.25) is 4.90 Å². The Labute approximate surface area is 125 Å². The first kappa shape index (κ1) is 13.8. The van der Waals surface area contributed by atoms with Crippen molar-refractivity contribution < 1.29 is 0 Å². The zero-order chi connectivity index (χ0) is 13.1. The van der Waals surface area contributed by atoms with E-state index in [4.69, 9.17) is 0 Å². The van der Waals surface area contributed by atoms with Crippen molar-refractivity contribution in [2.75, 3.05) is 18.1 Å². The fourth-order valence-electron chi connectivity index (χ4n) is 3.22. The van der Waals surface area contributed by atoms with Crippen LogP contribution in [0.5, 0.6) is 0 Å². The minimum atomic E-state index is 0.394. The van der Waals surface area contributed by atoms with Crippen molar-refractivity contribution >= 4 is 23.5 Å². The smallest absolute Gasteiger partial charge is 0.0683 e. The van der Waals surface area contributed by atoms with Crippen LogP contribution >= 0.6 is 23.5 Å². The third kappa shape index (κ3) is 2.98. The molecule has 1 aromatic carbocycles. The van der Waals surface area contributed by atoms with E-state index < -0.39 is 0 Å². The van der Waals surface area contributed by atoms with E-state index in [9.17, 15) is 0 Å². The molecule has 0 spiro atoms. The van der Waals surface area contributed by atoms with Gasteiger partial charge in [-0.2, -0.15) is 0 Å². The zero-order valence-electron chi connectivity index (χ0n) is 11.7. The molecule has 2 fully saturated rings. The zero-order valence-corrected chi connectivity index (χ0v) is 13.3. The highest BCUT2D eigenvalue weighted by Gasteiger charge is 2.44. The van der Waals surface area contributed by atoms with Crippen molar-refractivity contribution in [2.45, 2.75) is 42.9 Å². The van der Waals surface area contributed by atoms with Crippen LogP contribution in [0.3, 0.4) is 0 Å². The highest BCUT2D eigenvalue weighted by molar-refractivity contribution is 8.17. The second kappa shape index (κ2) is 6.11. The maximum Gasteiger partial charge on any atom is 0.0683 e. The number of hydrogen-bond donors (Lipinski definition) is 0. The fourth-order valence-corrected chi connectivity index (χ4v) is 6.67. The van der Waals surface area contributed by atoms with E-state index in [0.717, 1.165) is 11.1 Å². The summed E-state index contributed by atoms with van der Waals surface area (Å²) in [6, 6.07) is 11.0. The van der Waals surface area contributed by atoms with Crippen LogP contribution in [0.15, 0.2) is 30.3 Å². The van der Waals surface area contributed by atoms with E-state index in [-0.39, 0.29) is 0 Å². The average molecular weight is 294 g/mol. The molecule has 1 unspecified atom stereocenters. The van der Waals surface area contributed by atoms with Gasteiger partial charge in [0, 0.05) is 12.1 Å². The molecule has 0 bridgehead atoms. The summed E-state index contributed by atoms with van der Waals surface area (Å²) in [5.74, 6) is 2.71. The molecular formula is C16H23NS2. The summed E-state index contributed by atoms with van der Waals surface area (Å²) in [5, 5.41) is 0. The van der Waals surface area contributed by atoms with E-state index in [1.165, 1.54) is 42.9 Å². The third-order valence-electron chi connectivity index (χ3n) is 4.38. The molecule has 3 rings (SSSR count). The first-order valence-corrected chi connectivity index (χ1v) is 9.41. The second-order valence-corrected chi connectivity index (χ2v) is 8.52. The van der Waals surface area contributed by atoms with Crippen molar-refractivity contribution in [2.24, 2.45) is 0 Å². The number of nitrogens with zero attached hydrogens (tertiary/aromatic N) is 1. The quantitative estimate of drug-likeness (QED) is 0.821. The minimum Gasteiger partial charge on any atom is -0.292 e. The lowest BCUT2D eigenvalue weighted by Gasteiger charge is -2.42. The van der Waals surface area contributed by atoms with E-state index in [1.807, 2.05) is 0 Å². The molecule has 104 valence electrons. The van der Waals surface area contributed by atoms with Gasteiger partial charge in [0.2, 0.25) is 0 Å². The van der Waals surface area contributed by atoms with Gasteiger partial charge in [-0.1, -0.05) is 30.3 Å². The van der Waals surface area contributed by atoms with Crippen LogP contribution in [0.25, 0.3) is 0 Å². The highest BCUT2D eigenvalue weighted by Crippen LogP contribution is 2.46. The lowest BCUT2D eigenvalue weighted by atomic mass is 10.0. The molecule has 19 heavy (non-hydrogen) atoms. The van der Waals surface area contributed by atoms with E-state index in [1.54, 1.807) is 0 Å². The molecule has 1 nitrogen and oxygen atoms in total. The Morgan fingerprint density at radius 3 is 2.63 bits per heavy atom. The minimum absolute atomic E-state index is 0.394. The van der Waals surface area contributed by atoms with Crippen LogP contribution in [-0.4, -0.2) is 33.1 Å². The van der Waals surface area contributed by atoms with Crippen molar-refractivity contribution in [3.63, 3.8) is 0 Å². The van der Waals surface area contributed by atoms with Gasteiger partial charge in [0.25, 0.3) is 0 Å². The van der Waals surface area contributed by atoms with Crippen molar-refractivity contribution in [1.82, 2.24) is 4.90 Å². The van der Waals surface area contributed by atoms with E-state index in [0.29, 0.717) is 5.54 Å². The monoisotopic (exact) mass is 293 g/mol. The summed E-state index contributed by atoms with van der Waals surface area (Å²) >= 11 is 4.39. The lowest BCUT2D eigenvalue weighted by Crippen LogP contribution is -2.48. The summed E-state index contributed by atoms with van der Waals surface area (Å²) in [5.41, 5.74) is 1.85. The predicted molar refractivity (Wildman–Crippen MR) is 87.8 cm³/mol. The van der Waals surface area contributed by atoms with Gasteiger partial charge in [-0.05, 0) is 49.8 Å². The summed E-state index contributed by atoms with van der Waals surface area (Å²) < 4.78 is 0.771. The summed E-state index contributed by atoms with van der Waals surface area (Å²) in [7, 11) is 0. The van der Waals surface area contributed by atoms with Crippen LogP contribution in [0.4, 0.5) is 0 Å². The molecule has 0 saturated carbocycles.